The van der Waals surface area contributed by atoms with Gasteiger partial charge in [0.2, 0.25) is 0 Å². The average molecular weight is 418 g/mol. The van der Waals surface area contributed by atoms with E-state index < -0.39 is 0 Å². The number of piperazine rings is 1. The molecular weight excluding hydrogens is 394 g/mol. The minimum Gasteiger partial charge on any atom is -0.395 e. The summed E-state index contributed by atoms with van der Waals surface area (Å²) in [6, 6.07) is 16.6. The largest absolute Gasteiger partial charge is 0.395 e. The monoisotopic (exact) mass is 417 g/mol. The number of hydrogen-bond donors (Lipinski definition) is 1. The molecule has 1 aliphatic heterocycles. The Morgan fingerprint density at radius 3 is 2.47 bits per heavy atom. The molecule has 1 N–H and O–H groups in total. The Morgan fingerprint density at radius 2 is 1.73 bits per heavy atom. The molecule has 6 nitrogen and oxygen atoms in total. The standard InChI is InChI=1S/C23H23N5OS/c29-14-13-27-9-11-28(12-10-27)22-19-15-20(17-5-2-1-3-6-17)30-23(19)26-21(25-22)18-7-4-8-24-16-18/h1-8,15-16,29H,9-14H2. The van der Waals surface area contributed by atoms with Crippen LogP contribution in [0.1, 0.15) is 0 Å². The lowest BCUT2D eigenvalue weighted by atomic mass is 10.1. The minimum atomic E-state index is 0.202. The maximum absolute atomic E-state index is 9.24. The normalized spacial score (nSPS) is 15.0. The number of anilines is 1. The molecule has 30 heavy (non-hydrogen) atoms. The fraction of sp³-hybridized carbons (Fsp3) is 0.261. The highest BCUT2D eigenvalue weighted by Gasteiger charge is 2.22. The number of β-amino-alcohol motifs (C(OH)–C–C–N with tert-alkyl or cyclic N) is 1. The van der Waals surface area contributed by atoms with Crippen molar-refractivity contribution in [2.75, 3.05) is 44.2 Å². The third kappa shape index (κ3) is 3.79. The van der Waals surface area contributed by atoms with Gasteiger partial charge in [-0.3, -0.25) is 9.88 Å². The third-order valence-electron chi connectivity index (χ3n) is 5.44. The fourth-order valence-electron chi connectivity index (χ4n) is 3.84. The van der Waals surface area contributed by atoms with E-state index in [-0.39, 0.29) is 6.61 Å². The van der Waals surface area contributed by atoms with Gasteiger partial charge in [-0.15, -0.1) is 11.3 Å². The summed E-state index contributed by atoms with van der Waals surface area (Å²) in [5.74, 6) is 1.70. The van der Waals surface area contributed by atoms with E-state index in [0.29, 0.717) is 5.82 Å². The molecule has 0 spiro atoms. The van der Waals surface area contributed by atoms with E-state index in [1.165, 1.54) is 10.4 Å². The lowest BCUT2D eigenvalue weighted by Crippen LogP contribution is -2.47. The first-order valence-electron chi connectivity index (χ1n) is 10.2. The first-order chi connectivity index (χ1) is 14.8. The van der Waals surface area contributed by atoms with Crippen molar-refractivity contribution >= 4 is 27.4 Å². The van der Waals surface area contributed by atoms with Gasteiger partial charge >= 0.3 is 0 Å². The summed E-state index contributed by atoms with van der Waals surface area (Å²) in [6.07, 6.45) is 3.58. The van der Waals surface area contributed by atoms with Gasteiger partial charge in [0.15, 0.2) is 5.82 Å². The highest BCUT2D eigenvalue weighted by Crippen LogP contribution is 2.38. The Labute approximate surface area is 179 Å². The summed E-state index contributed by atoms with van der Waals surface area (Å²) in [5.41, 5.74) is 2.12. The number of thiophene rings is 1. The van der Waals surface area contributed by atoms with Crippen LogP contribution in [0.15, 0.2) is 60.9 Å². The number of aliphatic hydroxyl groups excluding tert-OH is 1. The number of aromatic nitrogens is 3. The first kappa shape index (κ1) is 19.1. The van der Waals surface area contributed by atoms with E-state index in [2.05, 4.69) is 45.1 Å². The van der Waals surface area contributed by atoms with E-state index in [1.807, 2.05) is 24.4 Å². The zero-order valence-corrected chi connectivity index (χ0v) is 17.4. The number of rotatable bonds is 5. The summed E-state index contributed by atoms with van der Waals surface area (Å²) >= 11 is 1.70. The van der Waals surface area contributed by atoms with E-state index in [9.17, 15) is 5.11 Å². The molecule has 7 heteroatoms. The molecule has 4 heterocycles. The number of hydrogen-bond acceptors (Lipinski definition) is 7. The third-order valence-corrected chi connectivity index (χ3v) is 6.52. The topological polar surface area (TPSA) is 65.4 Å². The average Bonchev–Trinajstić information content (AvgIpc) is 3.25. The maximum Gasteiger partial charge on any atom is 0.164 e. The van der Waals surface area contributed by atoms with E-state index in [4.69, 9.17) is 9.97 Å². The van der Waals surface area contributed by atoms with Crippen molar-refractivity contribution in [3.05, 3.63) is 60.9 Å². The van der Waals surface area contributed by atoms with Gasteiger partial charge in [-0.1, -0.05) is 30.3 Å². The maximum atomic E-state index is 9.24. The molecule has 0 atom stereocenters. The zero-order valence-electron chi connectivity index (χ0n) is 16.6. The zero-order chi connectivity index (χ0) is 20.3. The van der Waals surface area contributed by atoms with Gasteiger partial charge in [0.05, 0.1) is 12.0 Å². The number of aliphatic hydroxyl groups is 1. The Morgan fingerprint density at radius 1 is 0.933 bits per heavy atom. The first-order valence-corrected chi connectivity index (χ1v) is 11.0. The van der Waals surface area contributed by atoms with Crippen molar-refractivity contribution in [2.24, 2.45) is 0 Å². The van der Waals surface area contributed by atoms with Crippen molar-refractivity contribution in [2.45, 2.75) is 0 Å². The SMILES string of the molecule is OCCN1CCN(c2nc(-c3cccnc3)nc3sc(-c4ccccc4)cc23)CC1. The highest BCUT2D eigenvalue weighted by molar-refractivity contribution is 7.22. The molecule has 0 saturated carbocycles. The summed E-state index contributed by atoms with van der Waals surface area (Å²) in [5, 5.41) is 10.3. The molecule has 5 rings (SSSR count). The number of nitrogens with zero attached hydrogens (tertiary/aromatic N) is 5. The van der Waals surface area contributed by atoms with Crippen molar-refractivity contribution in [3.63, 3.8) is 0 Å². The second-order valence-corrected chi connectivity index (χ2v) is 8.39. The Kier molecular flexibility index (Phi) is 5.40. The lowest BCUT2D eigenvalue weighted by Gasteiger charge is -2.35. The van der Waals surface area contributed by atoms with Gasteiger partial charge in [0, 0.05) is 55.6 Å². The molecule has 3 aromatic heterocycles. The van der Waals surface area contributed by atoms with E-state index in [1.54, 1.807) is 17.5 Å². The predicted molar refractivity (Wildman–Crippen MR) is 122 cm³/mol. The molecule has 0 amide bonds. The molecule has 0 aliphatic carbocycles. The number of benzene rings is 1. The van der Waals surface area contributed by atoms with Crippen LogP contribution in [0.2, 0.25) is 0 Å². The van der Waals surface area contributed by atoms with Gasteiger partial charge in [0.25, 0.3) is 0 Å². The Bertz CT molecular complexity index is 1120. The van der Waals surface area contributed by atoms with Crippen LogP contribution < -0.4 is 4.90 Å². The van der Waals surface area contributed by atoms with Crippen LogP contribution in [0, 0.1) is 0 Å². The molecule has 4 aromatic rings. The molecule has 152 valence electrons. The molecule has 1 aromatic carbocycles. The Hall–Kier alpha value is -2.87. The van der Waals surface area contributed by atoms with Gasteiger partial charge in [0.1, 0.15) is 10.6 Å². The molecule has 1 aliphatic rings. The lowest BCUT2D eigenvalue weighted by molar-refractivity contribution is 0.188. The highest BCUT2D eigenvalue weighted by atomic mass is 32.1. The summed E-state index contributed by atoms with van der Waals surface area (Å²) in [4.78, 5) is 21.0. The summed E-state index contributed by atoms with van der Waals surface area (Å²) in [6.45, 7) is 4.54. The van der Waals surface area contributed by atoms with Gasteiger partial charge in [-0.05, 0) is 23.8 Å². The van der Waals surface area contributed by atoms with Crippen LogP contribution in [-0.4, -0.2) is 64.3 Å². The van der Waals surface area contributed by atoms with Crippen LogP contribution >= 0.6 is 11.3 Å². The smallest absolute Gasteiger partial charge is 0.164 e. The van der Waals surface area contributed by atoms with E-state index in [0.717, 1.165) is 54.3 Å². The van der Waals surface area contributed by atoms with Crippen molar-refractivity contribution in [1.82, 2.24) is 19.9 Å². The van der Waals surface area contributed by atoms with Crippen LogP contribution in [0.3, 0.4) is 0 Å². The molecule has 0 bridgehead atoms. The number of pyridine rings is 1. The molecule has 0 unspecified atom stereocenters. The number of fused-ring (bicyclic) bond motifs is 1. The van der Waals surface area contributed by atoms with Gasteiger partial charge < -0.3 is 10.0 Å². The fourth-order valence-corrected chi connectivity index (χ4v) is 4.87. The minimum absolute atomic E-state index is 0.202. The quantitative estimate of drug-likeness (QED) is 0.536. The van der Waals surface area contributed by atoms with Crippen LogP contribution in [0.4, 0.5) is 5.82 Å². The van der Waals surface area contributed by atoms with Crippen molar-refractivity contribution < 1.29 is 5.11 Å². The molecular formula is C23H23N5OS. The van der Waals surface area contributed by atoms with Gasteiger partial charge in [-0.2, -0.15) is 0 Å². The Balaban J connectivity index is 1.59. The second-order valence-electron chi connectivity index (χ2n) is 7.36. The van der Waals surface area contributed by atoms with Crippen LogP contribution in [0.25, 0.3) is 32.0 Å². The molecule has 1 saturated heterocycles. The summed E-state index contributed by atoms with van der Waals surface area (Å²) < 4.78 is 0. The van der Waals surface area contributed by atoms with Crippen molar-refractivity contribution in [3.8, 4) is 21.8 Å². The van der Waals surface area contributed by atoms with Gasteiger partial charge in [-0.25, -0.2) is 9.97 Å². The van der Waals surface area contributed by atoms with Crippen LogP contribution in [0.5, 0.6) is 0 Å². The summed E-state index contributed by atoms with van der Waals surface area (Å²) in [7, 11) is 0. The van der Waals surface area contributed by atoms with Crippen LogP contribution in [-0.2, 0) is 0 Å². The van der Waals surface area contributed by atoms with Crippen molar-refractivity contribution in [1.29, 1.82) is 0 Å². The van der Waals surface area contributed by atoms with E-state index >= 15 is 0 Å². The molecule has 1 fully saturated rings. The molecule has 0 radical (unpaired) electrons. The second kappa shape index (κ2) is 8.47. The predicted octanol–water partition coefficient (Wildman–Crippen LogP) is 3.53.